The van der Waals surface area contributed by atoms with Gasteiger partial charge in [0.2, 0.25) is 0 Å². The van der Waals surface area contributed by atoms with Crippen LogP contribution in [0.1, 0.15) is 24.2 Å². The van der Waals surface area contributed by atoms with Gasteiger partial charge in [0.05, 0.1) is 36.2 Å². The quantitative estimate of drug-likeness (QED) is 0.871. The Morgan fingerprint density at radius 1 is 1.56 bits per heavy atom. The molecule has 1 aromatic carbocycles. The molecule has 0 aromatic heterocycles. The summed E-state index contributed by atoms with van der Waals surface area (Å²) < 4.78 is 5.12. The number of aliphatic hydroxyl groups is 1. The van der Waals surface area contributed by atoms with Gasteiger partial charge in [-0.1, -0.05) is 6.07 Å². The second-order valence-corrected chi connectivity index (χ2v) is 5.16. The van der Waals surface area contributed by atoms with Crippen LogP contribution in [0, 0.1) is 11.3 Å². The van der Waals surface area contributed by atoms with Gasteiger partial charge in [0.15, 0.2) is 0 Å². The molecule has 2 rings (SSSR count). The molecule has 0 bridgehead atoms. The minimum absolute atomic E-state index is 0.450. The van der Waals surface area contributed by atoms with E-state index in [2.05, 4.69) is 6.07 Å². The fraction of sp³-hybridized carbons (Fsp3) is 0.417. The molecular formula is C12H13NO2S. The van der Waals surface area contributed by atoms with Crippen LogP contribution in [-0.2, 0) is 4.74 Å². The lowest BCUT2D eigenvalue weighted by Crippen LogP contribution is -2.30. The van der Waals surface area contributed by atoms with Crippen molar-refractivity contribution in [1.82, 2.24) is 0 Å². The maximum absolute atomic E-state index is 9.64. The van der Waals surface area contributed by atoms with E-state index < -0.39 is 6.10 Å². The van der Waals surface area contributed by atoms with Gasteiger partial charge in [-0.15, -0.1) is 11.8 Å². The second kappa shape index (κ2) is 4.88. The van der Waals surface area contributed by atoms with Gasteiger partial charge in [-0.25, -0.2) is 0 Å². The first-order valence-corrected chi connectivity index (χ1v) is 6.05. The zero-order valence-electron chi connectivity index (χ0n) is 9.01. The number of hydrogen-bond acceptors (Lipinski definition) is 4. The summed E-state index contributed by atoms with van der Waals surface area (Å²) in [5, 5.41) is 18.9. The molecule has 0 unspecified atom stereocenters. The van der Waals surface area contributed by atoms with Crippen LogP contribution in [0.15, 0.2) is 23.1 Å². The molecule has 0 amide bonds. The summed E-state index contributed by atoms with van der Waals surface area (Å²) in [7, 11) is 0. The van der Waals surface area contributed by atoms with Crippen molar-refractivity contribution in [1.29, 1.82) is 5.26 Å². The molecule has 1 aliphatic heterocycles. The molecule has 0 aliphatic carbocycles. The molecule has 1 atom stereocenters. The van der Waals surface area contributed by atoms with Crippen molar-refractivity contribution < 1.29 is 9.84 Å². The van der Waals surface area contributed by atoms with Crippen molar-refractivity contribution in [3.63, 3.8) is 0 Å². The first-order chi connectivity index (χ1) is 7.70. The molecule has 84 valence electrons. The molecule has 1 fully saturated rings. The van der Waals surface area contributed by atoms with Crippen molar-refractivity contribution in [2.75, 3.05) is 13.2 Å². The van der Waals surface area contributed by atoms with Crippen molar-refractivity contribution >= 4 is 11.8 Å². The molecule has 1 heterocycles. The largest absolute Gasteiger partial charge is 0.389 e. The van der Waals surface area contributed by atoms with Gasteiger partial charge < -0.3 is 9.84 Å². The molecular weight excluding hydrogens is 222 g/mol. The third-order valence-corrected chi connectivity index (χ3v) is 3.71. The Morgan fingerprint density at radius 3 is 2.81 bits per heavy atom. The van der Waals surface area contributed by atoms with Gasteiger partial charge in [-0.3, -0.25) is 0 Å². The highest BCUT2D eigenvalue weighted by Crippen LogP contribution is 2.34. The fourth-order valence-electron chi connectivity index (χ4n) is 1.51. The monoisotopic (exact) mass is 235 g/mol. The Bertz CT molecular complexity index is 422. The second-order valence-electron chi connectivity index (χ2n) is 3.82. The molecule has 1 N–H and O–H groups in total. The summed E-state index contributed by atoms with van der Waals surface area (Å²) in [5.74, 6) is 0. The highest BCUT2D eigenvalue weighted by atomic mass is 32.2. The topological polar surface area (TPSA) is 53.2 Å². The number of nitrogens with zero attached hydrogens (tertiary/aromatic N) is 1. The van der Waals surface area contributed by atoms with E-state index in [1.807, 2.05) is 12.1 Å². The van der Waals surface area contributed by atoms with E-state index in [4.69, 9.17) is 10.00 Å². The third kappa shape index (κ3) is 2.38. The van der Waals surface area contributed by atoms with Crippen LogP contribution in [-0.4, -0.2) is 23.6 Å². The maximum Gasteiger partial charge on any atom is 0.0992 e. The lowest BCUT2D eigenvalue weighted by molar-refractivity contribution is 0.0455. The van der Waals surface area contributed by atoms with Crippen LogP contribution in [0.4, 0.5) is 0 Å². The Morgan fingerprint density at radius 2 is 2.31 bits per heavy atom. The van der Waals surface area contributed by atoms with Gasteiger partial charge in [0.25, 0.3) is 0 Å². The molecule has 0 spiro atoms. The molecule has 16 heavy (non-hydrogen) atoms. The van der Waals surface area contributed by atoms with Crippen LogP contribution in [0.3, 0.4) is 0 Å². The smallest absolute Gasteiger partial charge is 0.0992 e. The fourth-order valence-corrected chi connectivity index (χ4v) is 2.77. The molecule has 0 saturated carbocycles. The first kappa shape index (κ1) is 11.5. The van der Waals surface area contributed by atoms with E-state index in [1.54, 1.807) is 24.8 Å². The normalized spacial score (nSPS) is 17.6. The minimum Gasteiger partial charge on any atom is -0.389 e. The SMILES string of the molecule is C[C@@H](O)c1ccc(C#N)cc1SC1COC1. The van der Waals surface area contributed by atoms with Crippen molar-refractivity contribution in [2.45, 2.75) is 23.2 Å². The average molecular weight is 235 g/mol. The van der Waals surface area contributed by atoms with Crippen molar-refractivity contribution in [3.8, 4) is 6.07 Å². The number of aliphatic hydroxyl groups excluding tert-OH is 1. The summed E-state index contributed by atoms with van der Waals surface area (Å²) in [4.78, 5) is 0.988. The van der Waals surface area contributed by atoms with E-state index in [0.29, 0.717) is 10.8 Å². The average Bonchev–Trinajstić information content (AvgIpc) is 2.22. The van der Waals surface area contributed by atoms with Crippen LogP contribution < -0.4 is 0 Å². The van der Waals surface area contributed by atoms with Crippen molar-refractivity contribution in [2.24, 2.45) is 0 Å². The van der Waals surface area contributed by atoms with E-state index in [0.717, 1.165) is 23.7 Å². The maximum atomic E-state index is 9.64. The van der Waals surface area contributed by atoms with Gasteiger partial charge in [-0.2, -0.15) is 5.26 Å². The third-order valence-electron chi connectivity index (χ3n) is 2.49. The van der Waals surface area contributed by atoms with Gasteiger partial charge >= 0.3 is 0 Å². The van der Waals surface area contributed by atoms with Crippen LogP contribution in [0.5, 0.6) is 0 Å². The number of thioether (sulfide) groups is 1. The van der Waals surface area contributed by atoms with E-state index in [-0.39, 0.29) is 0 Å². The van der Waals surface area contributed by atoms with E-state index in [9.17, 15) is 5.11 Å². The molecule has 1 saturated heterocycles. The number of hydrogen-bond donors (Lipinski definition) is 1. The summed E-state index contributed by atoms with van der Waals surface area (Å²) in [6, 6.07) is 7.52. The summed E-state index contributed by atoms with van der Waals surface area (Å²) in [6.07, 6.45) is -0.503. The highest BCUT2D eigenvalue weighted by molar-refractivity contribution is 8.00. The van der Waals surface area contributed by atoms with Gasteiger partial charge in [0, 0.05) is 4.90 Å². The standard InChI is InChI=1S/C12H13NO2S/c1-8(14)11-3-2-9(5-13)4-12(11)16-10-6-15-7-10/h2-4,8,10,14H,6-7H2,1H3/t8-/m1/s1. The van der Waals surface area contributed by atoms with Crippen LogP contribution in [0.2, 0.25) is 0 Å². The Labute approximate surface area is 99.0 Å². The number of ether oxygens (including phenoxy) is 1. The molecule has 1 aliphatic rings. The van der Waals surface area contributed by atoms with Crippen LogP contribution in [0.25, 0.3) is 0 Å². The highest BCUT2D eigenvalue weighted by Gasteiger charge is 2.21. The molecule has 3 nitrogen and oxygen atoms in total. The zero-order valence-corrected chi connectivity index (χ0v) is 9.83. The number of rotatable bonds is 3. The van der Waals surface area contributed by atoms with E-state index >= 15 is 0 Å². The van der Waals surface area contributed by atoms with E-state index in [1.165, 1.54) is 0 Å². The number of benzene rings is 1. The minimum atomic E-state index is -0.503. The molecule has 0 radical (unpaired) electrons. The summed E-state index contributed by atoms with van der Waals surface area (Å²) >= 11 is 1.68. The number of nitriles is 1. The summed E-state index contributed by atoms with van der Waals surface area (Å²) in [5.41, 5.74) is 1.52. The first-order valence-electron chi connectivity index (χ1n) is 5.17. The van der Waals surface area contributed by atoms with Crippen molar-refractivity contribution in [3.05, 3.63) is 29.3 Å². The molecule has 1 aromatic rings. The molecule has 4 heteroatoms. The van der Waals surface area contributed by atoms with Gasteiger partial charge in [-0.05, 0) is 24.6 Å². The lowest BCUT2D eigenvalue weighted by Gasteiger charge is -2.26. The Balaban J connectivity index is 2.26. The van der Waals surface area contributed by atoms with Crippen LogP contribution >= 0.6 is 11.8 Å². The van der Waals surface area contributed by atoms with Gasteiger partial charge in [0.1, 0.15) is 0 Å². The zero-order chi connectivity index (χ0) is 11.5. The lowest BCUT2D eigenvalue weighted by atomic mass is 10.1. The predicted molar refractivity (Wildman–Crippen MR) is 62.3 cm³/mol. The Hall–Kier alpha value is -1.02. The summed E-state index contributed by atoms with van der Waals surface area (Å²) in [6.45, 7) is 3.24. The Kier molecular flexibility index (Phi) is 3.49. The predicted octanol–water partition coefficient (Wildman–Crippen LogP) is 2.10.